The summed E-state index contributed by atoms with van der Waals surface area (Å²) in [4.78, 5) is 0. The lowest BCUT2D eigenvalue weighted by Crippen LogP contribution is -2.43. The molecule has 1 saturated carbocycles. The lowest BCUT2D eigenvalue weighted by atomic mass is 9.80. The van der Waals surface area contributed by atoms with E-state index in [0.717, 1.165) is 19.3 Å². The maximum atomic E-state index is 13.6. The summed E-state index contributed by atoms with van der Waals surface area (Å²) in [6, 6.07) is 1.54. The molecule has 5 heteroatoms. The van der Waals surface area contributed by atoms with Crippen molar-refractivity contribution >= 4 is 23.0 Å². The Kier molecular flexibility index (Phi) is 5.20. The van der Waals surface area contributed by atoms with Gasteiger partial charge in [0.15, 0.2) is 0 Å². The van der Waals surface area contributed by atoms with Gasteiger partial charge in [0.1, 0.15) is 10.8 Å². The van der Waals surface area contributed by atoms with E-state index in [0.29, 0.717) is 23.5 Å². The predicted molar refractivity (Wildman–Crippen MR) is 79.1 cm³/mol. The van der Waals surface area contributed by atoms with Gasteiger partial charge in [-0.1, -0.05) is 11.6 Å². The minimum atomic E-state index is -0.697. The third-order valence-electron chi connectivity index (χ3n) is 3.30. The summed E-state index contributed by atoms with van der Waals surface area (Å²) >= 11 is 5.89. The number of nitrogens with one attached hydrogen (secondary N) is 1. The zero-order chi connectivity index (χ0) is 14.6. The fraction of sp³-hybridized carbons (Fsp3) is 0.429. The van der Waals surface area contributed by atoms with Gasteiger partial charge in [0.25, 0.3) is 0 Å². The van der Waals surface area contributed by atoms with Crippen LogP contribution in [0.4, 0.5) is 15.8 Å². The van der Waals surface area contributed by atoms with Crippen molar-refractivity contribution in [3.8, 4) is 0 Å². The van der Waals surface area contributed by atoms with Crippen molar-refractivity contribution < 1.29 is 9.50 Å². The first-order valence-electron chi connectivity index (χ1n) is 6.13. The third-order valence-corrected chi connectivity index (χ3v) is 3.65. The van der Waals surface area contributed by atoms with Crippen molar-refractivity contribution in [3.05, 3.63) is 35.6 Å². The van der Waals surface area contributed by atoms with E-state index in [2.05, 4.69) is 18.5 Å². The van der Waals surface area contributed by atoms with Crippen LogP contribution >= 0.6 is 11.6 Å². The molecule has 19 heavy (non-hydrogen) atoms. The molecule has 1 aromatic rings. The van der Waals surface area contributed by atoms with E-state index in [4.69, 9.17) is 17.3 Å². The monoisotopic (exact) mass is 286 g/mol. The van der Waals surface area contributed by atoms with Crippen molar-refractivity contribution in [2.75, 3.05) is 17.6 Å². The van der Waals surface area contributed by atoms with E-state index in [1.54, 1.807) is 6.92 Å². The van der Waals surface area contributed by atoms with Gasteiger partial charge in [-0.2, -0.15) is 0 Å². The number of anilines is 2. The van der Waals surface area contributed by atoms with Crippen LogP contribution in [0.3, 0.4) is 0 Å². The molecular weight excluding hydrogens is 267 g/mol. The molecule has 1 aliphatic carbocycles. The number of aryl methyl sites for hydroxylation is 1. The van der Waals surface area contributed by atoms with E-state index in [9.17, 15) is 9.50 Å². The van der Waals surface area contributed by atoms with Crippen molar-refractivity contribution in [3.63, 3.8) is 0 Å². The van der Waals surface area contributed by atoms with Crippen molar-refractivity contribution in [1.29, 1.82) is 0 Å². The number of hydrogen-bond donors (Lipinski definition) is 3. The molecule has 0 unspecified atom stereocenters. The molecule has 0 spiro atoms. The Morgan fingerprint density at radius 1 is 1.53 bits per heavy atom. The smallest absolute Gasteiger partial charge is 0.146 e. The number of rotatable bonds is 3. The number of nitrogens with two attached hydrogens (primary N) is 1. The average Bonchev–Trinajstić information content (AvgIpc) is 2.36. The fourth-order valence-electron chi connectivity index (χ4n) is 1.97. The quantitative estimate of drug-likeness (QED) is 0.589. The van der Waals surface area contributed by atoms with Gasteiger partial charge in [0.05, 0.1) is 17.0 Å². The van der Waals surface area contributed by atoms with Gasteiger partial charge >= 0.3 is 0 Å². The normalized spacial score (nSPS) is 16.0. The molecule has 0 radical (unpaired) electrons. The minimum absolute atomic E-state index is 0.00887. The summed E-state index contributed by atoms with van der Waals surface area (Å²) in [5.41, 5.74) is 6.27. The molecule has 1 fully saturated rings. The molecule has 3 nitrogen and oxygen atoms in total. The minimum Gasteiger partial charge on any atom is -0.397 e. The highest BCUT2D eigenvalue weighted by Crippen LogP contribution is 2.36. The van der Waals surface area contributed by atoms with Crippen molar-refractivity contribution in [1.82, 2.24) is 0 Å². The highest BCUT2D eigenvalue weighted by atomic mass is 35.5. The molecule has 0 bridgehead atoms. The molecule has 106 valence electrons. The maximum absolute atomic E-state index is 13.6. The average molecular weight is 287 g/mol. The van der Waals surface area contributed by atoms with Gasteiger partial charge in [0.2, 0.25) is 0 Å². The molecular formula is C14H20ClFN2O. The number of halogens is 2. The topological polar surface area (TPSA) is 58.3 Å². The second-order valence-electron chi connectivity index (χ2n) is 4.72. The maximum Gasteiger partial charge on any atom is 0.146 e. The van der Waals surface area contributed by atoms with Gasteiger partial charge in [-0.15, -0.1) is 13.2 Å². The van der Waals surface area contributed by atoms with Crippen LogP contribution < -0.4 is 11.1 Å². The van der Waals surface area contributed by atoms with Crippen molar-refractivity contribution in [2.45, 2.75) is 31.8 Å². The zero-order valence-corrected chi connectivity index (χ0v) is 11.9. The number of hydrogen-bond acceptors (Lipinski definition) is 3. The molecule has 0 amide bonds. The molecule has 0 atom stereocenters. The summed E-state index contributed by atoms with van der Waals surface area (Å²) in [7, 11) is 0. The largest absolute Gasteiger partial charge is 0.397 e. The lowest BCUT2D eigenvalue weighted by Gasteiger charge is -2.37. The summed E-state index contributed by atoms with van der Waals surface area (Å²) in [6.07, 6.45) is 2.53. The number of aliphatic hydroxyl groups is 1. The SMILES string of the molecule is C=C.Cc1cc(N)c(NCC2(O)CCC2)c(Cl)c1F. The fourth-order valence-corrected chi connectivity index (χ4v) is 2.30. The molecule has 0 aliphatic heterocycles. The van der Waals surface area contributed by atoms with Crippen molar-refractivity contribution in [2.24, 2.45) is 0 Å². The molecule has 0 heterocycles. The molecule has 2 rings (SSSR count). The molecule has 1 aliphatic rings. The van der Waals surface area contributed by atoms with E-state index in [1.165, 1.54) is 6.07 Å². The van der Waals surface area contributed by atoms with Crippen LogP contribution in [-0.4, -0.2) is 17.3 Å². The Morgan fingerprint density at radius 2 is 2.11 bits per heavy atom. The Bertz CT molecular complexity index is 461. The Morgan fingerprint density at radius 3 is 2.58 bits per heavy atom. The molecule has 4 N–H and O–H groups in total. The van der Waals surface area contributed by atoms with E-state index in [1.807, 2.05) is 0 Å². The summed E-state index contributed by atoms with van der Waals surface area (Å²) in [5.74, 6) is -0.469. The Balaban J connectivity index is 0.000000861. The Hall–Kier alpha value is -1.26. The van der Waals surface area contributed by atoms with Crippen LogP contribution in [0.2, 0.25) is 5.02 Å². The van der Waals surface area contributed by atoms with Gasteiger partial charge in [0, 0.05) is 6.54 Å². The second-order valence-corrected chi connectivity index (χ2v) is 5.10. The number of nitrogen functional groups attached to an aromatic ring is 1. The second kappa shape index (κ2) is 6.26. The first-order valence-corrected chi connectivity index (χ1v) is 6.51. The zero-order valence-electron chi connectivity index (χ0n) is 11.1. The predicted octanol–water partition coefficient (Wildman–Crippen LogP) is 3.50. The highest BCUT2D eigenvalue weighted by molar-refractivity contribution is 6.34. The lowest BCUT2D eigenvalue weighted by molar-refractivity contribution is -0.0201. The van der Waals surface area contributed by atoms with E-state index >= 15 is 0 Å². The van der Waals surface area contributed by atoms with Gasteiger partial charge in [-0.25, -0.2) is 4.39 Å². The standard InChI is InChI=1S/C12H16ClFN2O.C2H4/c1-7-5-8(15)11(9(13)10(7)14)16-6-12(17)3-2-4-12;1-2/h5,16-17H,2-4,6,15H2,1H3;1-2H2. The van der Waals surface area contributed by atoms with E-state index in [-0.39, 0.29) is 5.02 Å². The summed E-state index contributed by atoms with van der Waals surface area (Å²) in [5, 5.41) is 12.9. The highest BCUT2D eigenvalue weighted by Gasteiger charge is 2.34. The number of benzene rings is 1. The van der Waals surface area contributed by atoms with Crippen LogP contribution in [0.5, 0.6) is 0 Å². The Labute approximate surface area is 118 Å². The van der Waals surface area contributed by atoms with Crippen LogP contribution in [-0.2, 0) is 0 Å². The molecule has 0 aromatic heterocycles. The van der Waals surface area contributed by atoms with Crippen LogP contribution in [0, 0.1) is 12.7 Å². The molecule has 0 saturated heterocycles. The first-order chi connectivity index (χ1) is 8.93. The van der Waals surface area contributed by atoms with Gasteiger partial charge in [-0.3, -0.25) is 0 Å². The van der Waals surface area contributed by atoms with Crippen LogP contribution in [0.1, 0.15) is 24.8 Å². The third kappa shape index (κ3) is 3.39. The van der Waals surface area contributed by atoms with Crippen LogP contribution in [0.25, 0.3) is 0 Å². The summed E-state index contributed by atoms with van der Waals surface area (Å²) in [6.45, 7) is 7.96. The molecule has 1 aromatic carbocycles. The van der Waals surface area contributed by atoms with E-state index < -0.39 is 11.4 Å². The summed E-state index contributed by atoms with van der Waals surface area (Å²) < 4.78 is 13.6. The van der Waals surface area contributed by atoms with Gasteiger partial charge < -0.3 is 16.2 Å². The first kappa shape index (κ1) is 15.8. The van der Waals surface area contributed by atoms with Crippen LogP contribution in [0.15, 0.2) is 19.2 Å². The van der Waals surface area contributed by atoms with Gasteiger partial charge in [-0.05, 0) is 37.8 Å².